The minimum absolute atomic E-state index is 0.161. The molecule has 1 aromatic heterocycles. The Hall–Kier alpha value is -1.64. The van der Waals surface area contributed by atoms with Crippen LogP contribution in [0.3, 0.4) is 0 Å². The van der Waals surface area contributed by atoms with Gasteiger partial charge >= 0.3 is 0 Å². The molecule has 0 radical (unpaired) electrons. The van der Waals surface area contributed by atoms with E-state index < -0.39 is 0 Å². The van der Waals surface area contributed by atoms with Crippen LogP contribution in [0.2, 0.25) is 0 Å². The highest BCUT2D eigenvalue weighted by molar-refractivity contribution is 5.41. The smallest absolute Gasteiger partial charge is 0.123 e. The Morgan fingerprint density at radius 1 is 1.00 bits per heavy atom. The predicted molar refractivity (Wildman–Crippen MR) is 64.8 cm³/mol. The molecule has 1 aromatic carbocycles. The van der Waals surface area contributed by atoms with Crippen LogP contribution in [0, 0.1) is 6.92 Å². The molecule has 0 spiro atoms. The topological polar surface area (TPSA) is 30.7 Å². The second-order valence-corrected chi connectivity index (χ2v) is 5.18. The van der Waals surface area contributed by atoms with Crippen LogP contribution in [0.25, 0.3) is 5.69 Å². The normalized spacial score (nSPS) is 11.8. The number of hydrogen-bond donors (Lipinski definition) is 0. The van der Waals surface area contributed by atoms with Crippen molar-refractivity contribution in [3.05, 3.63) is 42.0 Å². The maximum absolute atomic E-state index is 3.83. The summed E-state index contributed by atoms with van der Waals surface area (Å²) in [4.78, 5) is 0. The van der Waals surface area contributed by atoms with Crippen molar-refractivity contribution in [1.29, 1.82) is 0 Å². The molecule has 3 nitrogen and oxygen atoms in total. The summed E-state index contributed by atoms with van der Waals surface area (Å²) in [6.07, 6.45) is 3.45. The van der Waals surface area contributed by atoms with Gasteiger partial charge in [-0.05, 0) is 35.6 Å². The summed E-state index contributed by atoms with van der Waals surface area (Å²) >= 11 is 0. The lowest BCUT2D eigenvalue weighted by Gasteiger charge is -2.20. The van der Waals surface area contributed by atoms with E-state index >= 15 is 0 Å². The Balaban J connectivity index is 2.53. The molecule has 0 unspecified atom stereocenters. The number of rotatable bonds is 1. The van der Waals surface area contributed by atoms with Gasteiger partial charge in [-0.1, -0.05) is 26.8 Å². The van der Waals surface area contributed by atoms with E-state index in [1.807, 2.05) is 4.57 Å². The first-order valence-corrected chi connectivity index (χ1v) is 5.44. The van der Waals surface area contributed by atoms with Crippen LogP contribution in [0.4, 0.5) is 0 Å². The van der Waals surface area contributed by atoms with Gasteiger partial charge < -0.3 is 0 Å². The maximum Gasteiger partial charge on any atom is 0.123 e. The number of aromatic nitrogens is 3. The molecular formula is C13H17N3. The van der Waals surface area contributed by atoms with E-state index in [0.29, 0.717) is 0 Å². The average Bonchev–Trinajstić information content (AvgIpc) is 2.68. The van der Waals surface area contributed by atoms with E-state index in [-0.39, 0.29) is 5.41 Å². The summed E-state index contributed by atoms with van der Waals surface area (Å²) in [5.41, 5.74) is 3.87. The third-order valence-electron chi connectivity index (χ3n) is 2.65. The molecule has 0 atom stereocenters. The Labute approximate surface area is 96.1 Å². The SMILES string of the molecule is Cc1cc(-n2cnnc2)cc(C(C)(C)C)c1. The van der Waals surface area contributed by atoms with Crippen LogP contribution in [-0.2, 0) is 5.41 Å². The standard InChI is InChI=1S/C13H17N3/c1-10-5-11(13(2,3)4)7-12(6-10)16-8-14-15-9-16/h5-9H,1-4H3. The summed E-state index contributed by atoms with van der Waals surface area (Å²) < 4.78 is 1.93. The summed E-state index contributed by atoms with van der Waals surface area (Å²) in [6.45, 7) is 8.77. The molecule has 2 rings (SSSR count). The highest BCUT2D eigenvalue weighted by Crippen LogP contribution is 2.25. The van der Waals surface area contributed by atoms with Gasteiger partial charge in [0.2, 0.25) is 0 Å². The van der Waals surface area contributed by atoms with Gasteiger partial charge in [0.15, 0.2) is 0 Å². The molecule has 0 N–H and O–H groups in total. The Bertz CT molecular complexity index is 478. The fourth-order valence-electron chi connectivity index (χ4n) is 1.68. The molecule has 2 aromatic rings. The Morgan fingerprint density at radius 3 is 2.19 bits per heavy atom. The number of nitrogens with zero attached hydrogens (tertiary/aromatic N) is 3. The third-order valence-corrected chi connectivity index (χ3v) is 2.65. The molecule has 0 bridgehead atoms. The summed E-state index contributed by atoms with van der Waals surface area (Å²) in [5.74, 6) is 0. The molecular weight excluding hydrogens is 198 g/mol. The number of hydrogen-bond acceptors (Lipinski definition) is 2. The van der Waals surface area contributed by atoms with Crippen LogP contribution in [0.5, 0.6) is 0 Å². The molecule has 16 heavy (non-hydrogen) atoms. The highest BCUT2D eigenvalue weighted by Gasteiger charge is 2.14. The van der Waals surface area contributed by atoms with Crippen molar-refractivity contribution in [2.45, 2.75) is 33.1 Å². The van der Waals surface area contributed by atoms with Gasteiger partial charge in [0.25, 0.3) is 0 Å². The van der Waals surface area contributed by atoms with Gasteiger partial charge in [-0.2, -0.15) is 0 Å². The number of aryl methyl sites for hydroxylation is 1. The van der Waals surface area contributed by atoms with Crippen LogP contribution in [0.15, 0.2) is 30.9 Å². The van der Waals surface area contributed by atoms with E-state index in [0.717, 1.165) is 5.69 Å². The van der Waals surface area contributed by atoms with Gasteiger partial charge in [0, 0.05) is 5.69 Å². The van der Waals surface area contributed by atoms with E-state index in [2.05, 4.69) is 56.1 Å². The monoisotopic (exact) mass is 215 g/mol. The van der Waals surface area contributed by atoms with Crippen molar-refractivity contribution in [3.8, 4) is 5.69 Å². The van der Waals surface area contributed by atoms with Crippen LogP contribution < -0.4 is 0 Å². The maximum atomic E-state index is 3.83. The highest BCUT2D eigenvalue weighted by atomic mass is 15.2. The molecule has 0 fully saturated rings. The van der Waals surface area contributed by atoms with Crippen LogP contribution >= 0.6 is 0 Å². The second kappa shape index (κ2) is 3.74. The average molecular weight is 215 g/mol. The Morgan fingerprint density at radius 2 is 1.62 bits per heavy atom. The molecule has 0 saturated heterocycles. The lowest BCUT2D eigenvalue weighted by molar-refractivity contribution is 0.589. The second-order valence-electron chi connectivity index (χ2n) is 5.18. The first kappa shape index (κ1) is 10.9. The van der Waals surface area contributed by atoms with Crippen molar-refractivity contribution in [1.82, 2.24) is 14.8 Å². The predicted octanol–water partition coefficient (Wildman–Crippen LogP) is 2.87. The zero-order valence-electron chi connectivity index (χ0n) is 10.2. The largest absolute Gasteiger partial charge is 0.288 e. The lowest BCUT2D eigenvalue weighted by atomic mass is 9.86. The minimum atomic E-state index is 0.161. The Kier molecular flexibility index (Phi) is 2.54. The van der Waals surface area contributed by atoms with Crippen LogP contribution in [-0.4, -0.2) is 14.8 Å². The molecule has 0 aliphatic heterocycles. The van der Waals surface area contributed by atoms with E-state index in [4.69, 9.17) is 0 Å². The van der Waals surface area contributed by atoms with Gasteiger partial charge in [-0.15, -0.1) is 10.2 Å². The summed E-state index contributed by atoms with van der Waals surface area (Å²) in [6, 6.07) is 6.56. The van der Waals surface area contributed by atoms with Crippen molar-refractivity contribution >= 4 is 0 Å². The van der Waals surface area contributed by atoms with E-state index in [9.17, 15) is 0 Å². The quantitative estimate of drug-likeness (QED) is 0.732. The minimum Gasteiger partial charge on any atom is -0.288 e. The molecule has 0 aliphatic carbocycles. The first-order chi connectivity index (χ1) is 7.47. The molecule has 1 heterocycles. The van der Waals surface area contributed by atoms with E-state index in [1.165, 1.54) is 11.1 Å². The van der Waals surface area contributed by atoms with Gasteiger partial charge in [-0.25, -0.2) is 0 Å². The van der Waals surface area contributed by atoms with E-state index in [1.54, 1.807) is 12.7 Å². The molecule has 0 saturated carbocycles. The molecule has 0 amide bonds. The van der Waals surface area contributed by atoms with Crippen LogP contribution in [0.1, 0.15) is 31.9 Å². The molecule has 3 heteroatoms. The fraction of sp³-hybridized carbons (Fsp3) is 0.385. The lowest BCUT2D eigenvalue weighted by Crippen LogP contribution is -2.12. The fourth-order valence-corrected chi connectivity index (χ4v) is 1.68. The van der Waals surface area contributed by atoms with Crippen molar-refractivity contribution < 1.29 is 0 Å². The molecule has 84 valence electrons. The van der Waals surface area contributed by atoms with Crippen molar-refractivity contribution in [3.63, 3.8) is 0 Å². The van der Waals surface area contributed by atoms with Gasteiger partial charge in [0.1, 0.15) is 12.7 Å². The summed E-state index contributed by atoms with van der Waals surface area (Å²) in [5, 5.41) is 7.67. The molecule has 0 aliphatic rings. The van der Waals surface area contributed by atoms with Gasteiger partial charge in [-0.3, -0.25) is 4.57 Å². The van der Waals surface area contributed by atoms with Crippen molar-refractivity contribution in [2.75, 3.05) is 0 Å². The van der Waals surface area contributed by atoms with Gasteiger partial charge in [0.05, 0.1) is 0 Å². The zero-order chi connectivity index (χ0) is 11.8. The summed E-state index contributed by atoms with van der Waals surface area (Å²) in [7, 11) is 0. The zero-order valence-corrected chi connectivity index (χ0v) is 10.2. The third kappa shape index (κ3) is 2.13. The van der Waals surface area contributed by atoms with Crippen molar-refractivity contribution in [2.24, 2.45) is 0 Å². The first-order valence-electron chi connectivity index (χ1n) is 5.44. The number of benzene rings is 1.